The SMILES string of the molecule is CCNCc1cccc(NC(=O)c2ccc(C)[nH]c2=O)c1. The summed E-state index contributed by atoms with van der Waals surface area (Å²) in [5.74, 6) is -0.406. The molecule has 2 rings (SSSR count). The Labute approximate surface area is 123 Å². The molecule has 0 aliphatic heterocycles. The fourth-order valence-electron chi connectivity index (χ4n) is 1.98. The van der Waals surface area contributed by atoms with Crippen molar-refractivity contribution in [3.8, 4) is 0 Å². The highest BCUT2D eigenvalue weighted by atomic mass is 16.2. The van der Waals surface area contributed by atoms with Crippen LogP contribution in [0.2, 0.25) is 0 Å². The summed E-state index contributed by atoms with van der Waals surface area (Å²) in [4.78, 5) is 26.5. The molecule has 0 bridgehead atoms. The van der Waals surface area contributed by atoms with E-state index in [4.69, 9.17) is 0 Å². The zero-order valence-corrected chi connectivity index (χ0v) is 12.2. The van der Waals surface area contributed by atoms with Gasteiger partial charge in [-0.05, 0) is 43.3 Å². The van der Waals surface area contributed by atoms with Crippen LogP contribution in [-0.2, 0) is 6.54 Å². The number of anilines is 1. The van der Waals surface area contributed by atoms with Crippen molar-refractivity contribution in [1.82, 2.24) is 10.3 Å². The molecule has 1 heterocycles. The van der Waals surface area contributed by atoms with E-state index in [0.717, 1.165) is 24.3 Å². The standard InChI is InChI=1S/C16H19N3O2/c1-3-17-10-12-5-4-6-13(9-12)19-16(21)14-8-7-11(2)18-15(14)20/h4-9,17H,3,10H2,1-2H3,(H,18,20)(H,19,21). The van der Waals surface area contributed by atoms with Crippen LogP contribution in [-0.4, -0.2) is 17.4 Å². The number of amides is 1. The van der Waals surface area contributed by atoms with E-state index in [-0.39, 0.29) is 11.1 Å². The molecule has 21 heavy (non-hydrogen) atoms. The molecule has 0 aliphatic rings. The number of aryl methyl sites for hydroxylation is 1. The first kappa shape index (κ1) is 15.0. The molecular formula is C16H19N3O2. The van der Waals surface area contributed by atoms with E-state index in [2.05, 4.69) is 15.6 Å². The van der Waals surface area contributed by atoms with Gasteiger partial charge in [-0.3, -0.25) is 9.59 Å². The van der Waals surface area contributed by atoms with Crippen LogP contribution in [0.1, 0.15) is 28.5 Å². The highest BCUT2D eigenvalue weighted by Crippen LogP contribution is 2.11. The van der Waals surface area contributed by atoms with Gasteiger partial charge in [-0.15, -0.1) is 0 Å². The number of aromatic nitrogens is 1. The third-order valence-electron chi connectivity index (χ3n) is 3.06. The summed E-state index contributed by atoms with van der Waals surface area (Å²) in [7, 11) is 0. The van der Waals surface area contributed by atoms with Crippen molar-refractivity contribution in [1.29, 1.82) is 0 Å². The number of benzene rings is 1. The van der Waals surface area contributed by atoms with Gasteiger partial charge in [0.15, 0.2) is 0 Å². The van der Waals surface area contributed by atoms with Crippen molar-refractivity contribution in [2.24, 2.45) is 0 Å². The fourth-order valence-corrected chi connectivity index (χ4v) is 1.98. The average molecular weight is 285 g/mol. The Morgan fingerprint density at radius 3 is 2.76 bits per heavy atom. The number of aromatic amines is 1. The molecule has 0 unspecified atom stereocenters. The van der Waals surface area contributed by atoms with Gasteiger partial charge in [-0.25, -0.2) is 0 Å². The number of carbonyl (C=O) groups excluding carboxylic acids is 1. The lowest BCUT2D eigenvalue weighted by molar-refractivity contribution is 0.102. The van der Waals surface area contributed by atoms with Crippen LogP contribution < -0.4 is 16.2 Å². The molecule has 2 aromatic rings. The Bertz CT molecular complexity index is 692. The van der Waals surface area contributed by atoms with Gasteiger partial charge >= 0.3 is 0 Å². The highest BCUT2D eigenvalue weighted by molar-refractivity contribution is 6.04. The summed E-state index contributed by atoms with van der Waals surface area (Å²) < 4.78 is 0. The van der Waals surface area contributed by atoms with Crippen LogP contribution in [0.3, 0.4) is 0 Å². The minimum Gasteiger partial charge on any atom is -0.326 e. The van der Waals surface area contributed by atoms with Crippen LogP contribution in [0.4, 0.5) is 5.69 Å². The maximum absolute atomic E-state index is 12.1. The van der Waals surface area contributed by atoms with Crippen molar-refractivity contribution in [3.05, 3.63) is 63.6 Å². The highest BCUT2D eigenvalue weighted by Gasteiger charge is 2.10. The molecule has 0 saturated heterocycles. The van der Waals surface area contributed by atoms with Gasteiger partial charge in [-0.1, -0.05) is 19.1 Å². The largest absolute Gasteiger partial charge is 0.326 e. The van der Waals surface area contributed by atoms with Crippen LogP contribution in [0, 0.1) is 6.92 Å². The number of nitrogens with one attached hydrogen (secondary N) is 3. The second-order valence-corrected chi connectivity index (χ2v) is 4.82. The zero-order chi connectivity index (χ0) is 15.2. The van der Waals surface area contributed by atoms with Gasteiger partial charge in [0, 0.05) is 17.9 Å². The van der Waals surface area contributed by atoms with Gasteiger partial charge in [0.05, 0.1) is 0 Å². The number of pyridine rings is 1. The average Bonchev–Trinajstić information content (AvgIpc) is 2.45. The Morgan fingerprint density at radius 1 is 1.24 bits per heavy atom. The minimum atomic E-state index is -0.406. The van der Waals surface area contributed by atoms with Gasteiger partial charge in [0.25, 0.3) is 11.5 Å². The second kappa shape index (κ2) is 6.85. The summed E-state index contributed by atoms with van der Waals surface area (Å²) in [6.45, 7) is 5.43. The number of rotatable bonds is 5. The van der Waals surface area contributed by atoms with Gasteiger partial charge in [0.1, 0.15) is 5.56 Å². The predicted octanol–water partition coefficient (Wildman–Crippen LogP) is 2.05. The van der Waals surface area contributed by atoms with Crippen molar-refractivity contribution < 1.29 is 4.79 Å². The fraction of sp³-hybridized carbons (Fsp3) is 0.250. The molecule has 0 saturated carbocycles. The first-order valence-electron chi connectivity index (χ1n) is 6.91. The third kappa shape index (κ3) is 4.03. The van der Waals surface area contributed by atoms with Gasteiger partial charge in [0.2, 0.25) is 0 Å². The number of hydrogen-bond donors (Lipinski definition) is 3. The molecule has 0 radical (unpaired) electrons. The molecule has 0 aliphatic carbocycles. The molecular weight excluding hydrogens is 266 g/mol. The van der Waals surface area contributed by atoms with E-state index in [1.807, 2.05) is 25.1 Å². The van der Waals surface area contributed by atoms with Crippen molar-refractivity contribution >= 4 is 11.6 Å². The Kier molecular flexibility index (Phi) is 4.90. The van der Waals surface area contributed by atoms with Gasteiger partial charge < -0.3 is 15.6 Å². The Morgan fingerprint density at radius 2 is 2.05 bits per heavy atom. The number of hydrogen-bond acceptors (Lipinski definition) is 3. The first-order valence-corrected chi connectivity index (χ1v) is 6.91. The molecule has 1 aromatic carbocycles. The van der Waals surface area contributed by atoms with Crippen LogP contribution in [0.5, 0.6) is 0 Å². The molecule has 0 fully saturated rings. The topological polar surface area (TPSA) is 74.0 Å². The smallest absolute Gasteiger partial charge is 0.261 e. The third-order valence-corrected chi connectivity index (χ3v) is 3.06. The Hall–Kier alpha value is -2.40. The second-order valence-electron chi connectivity index (χ2n) is 4.82. The van der Waals surface area contributed by atoms with Crippen LogP contribution in [0.25, 0.3) is 0 Å². The zero-order valence-electron chi connectivity index (χ0n) is 12.2. The van der Waals surface area contributed by atoms with E-state index in [1.54, 1.807) is 19.1 Å². The molecule has 1 amide bonds. The lowest BCUT2D eigenvalue weighted by Gasteiger charge is -2.08. The minimum absolute atomic E-state index is 0.109. The van der Waals surface area contributed by atoms with Crippen LogP contribution >= 0.6 is 0 Å². The lowest BCUT2D eigenvalue weighted by Crippen LogP contribution is -2.23. The lowest BCUT2D eigenvalue weighted by atomic mass is 10.2. The molecule has 1 aromatic heterocycles. The molecule has 110 valence electrons. The first-order chi connectivity index (χ1) is 10.1. The summed E-state index contributed by atoms with van der Waals surface area (Å²) >= 11 is 0. The molecule has 5 nitrogen and oxygen atoms in total. The van der Waals surface area contributed by atoms with Crippen molar-refractivity contribution in [3.63, 3.8) is 0 Å². The van der Waals surface area contributed by atoms with Crippen molar-refractivity contribution in [2.45, 2.75) is 20.4 Å². The number of H-pyrrole nitrogens is 1. The van der Waals surface area contributed by atoms with E-state index in [9.17, 15) is 9.59 Å². The quantitative estimate of drug-likeness (QED) is 0.787. The van der Waals surface area contributed by atoms with E-state index < -0.39 is 5.91 Å². The maximum Gasteiger partial charge on any atom is 0.261 e. The summed E-state index contributed by atoms with van der Waals surface area (Å²) in [6, 6.07) is 10.8. The number of carbonyl (C=O) groups is 1. The normalized spacial score (nSPS) is 10.4. The maximum atomic E-state index is 12.1. The monoisotopic (exact) mass is 285 g/mol. The Balaban J connectivity index is 2.14. The summed E-state index contributed by atoms with van der Waals surface area (Å²) in [5, 5.41) is 5.97. The van der Waals surface area contributed by atoms with Crippen molar-refractivity contribution in [2.75, 3.05) is 11.9 Å². The van der Waals surface area contributed by atoms with E-state index in [1.165, 1.54) is 6.07 Å². The molecule has 3 N–H and O–H groups in total. The molecule has 5 heteroatoms. The van der Waals surface area contributed by atoms with Crippen LogP contribution in [0.15, 0.2) is 41.2 Å². The van der Waals surface area contributed by atoms with E-state index >= 15 is 0 Å². The summed E-state index contributed by atoms with van der Waals surface area (Å²) in [6.07, 6.45) is 0. The summed E-state index contributed by atoms with van der Waals surface area (Å²) in [5.41, 5.74) is 2.21. The van der Waals surface area contributed by atoms with E-state index in [0.29, 0.717) is 5.69 Å². The predicted molar refractivity (Wildman–Crippen MR) is 83.6 cm³/mol. The molecule has 0 atom stereocenters. The van der Waals surface area contributed by atoms with Gasteiger partial charge in [-0.2, -0.15) is 0 Å². The molecule has 0 spiro atoms.